The predicted molar refractivity (Wildman–Crippen MR) is 99.7 cm³/mol. The number of amides is 2. The summed E-state index contributed by atoms with van der Waals surface area (Å²) in [7, 11) is 2.07. The molecule has 6 nitrogen and oxygen atoms in total. The van der Waals surface area contributed by atoms with E-state index in [9.17, 15) is 9.59 Å². The molecule has 0 saturated carbocycles. The fourth-order valence-electron chi connectivity index (χ4n) is 3.70. The maximum Gasteiger partial charge on any atom is 0.410 e. The van der Waals surface area contributed by atoms with Crippen molar-refractivity contribution in [2.75, 3.05) is 33.4 Å². The first-order chi connectivity index (χ1) is 12.2. The lowest BCUT2D eigenvalue weighted by Gasteiger charge is -2.38. The van der Waals surface area contributed by atoms with Gasteiger partial charge < -0.3 is 9.64 Å². The topological polar surface area (TPSA) is 53.1 Å². The SMILES string of the molecule is CN(CN1CCN(C(=O)OC(C)(C)C)CC1=O)[C@@H]1CCc2ccccc21. The molecular weight excluding hydrogens is 330 g/mol. The van der Waals surface area contributed by atoms with Crippen molar-refractivity contribution in [1.29, 1.82) is 0 Å². The molecule has 1 aliphatic carbocycles. The Balaban J connectivity index is 1.56. The third-order valence-corrected chi connectivity index (χ3v) is 5.00. The minimum atomic E-state index is -0.548. The number of aryl methyl sites for hydroxylation is 1. The molecule has 2 aliphatic rings. The molecule has 0 radical (unpaired) electrons. The highest BCUT2D eigenvalue weighted by atomic mass is 16.6. The Labute approximate surface area is 155 Å². The van der Waals surface area contributed by atoms with Gasteiger partial charge in [0.25, 0.3) is 0 Å². The van der Waals surface area contributed by atoms with Gasteiger partial charge in [-0.1, -0.05) is 24.3 Å². The summed E-state index contributed by atoms with van der Waals surface area (Å²) in [6.45, 7) is 7.21. The van der Waals surface area contributed by atoms with Crippen molar-refractivity contribution in [3.05, 3.63) is 35.4 Å². The summed E-state index contributed by atoms with van der Waals surface area (Å²) in [4.78, 5) is 30.3. The molecule has 1 aromatic carbocycles. The summed E-state index contributed by atoms with van der Waals surface area (Å²) >= 11 is 0. The molecule has 0 unspecified atom stereocenters. The first-order valence-electron chi connectivity index (χ1n) is 9.28. The summed E-state index contributed by atoms with van der Waals surface area (Å²) < 4.78 is 5.37. The lowest BCUT2D eigenvalue weighted by Crippen LogP contribution is -2.55. The van der Waals surface area contributed by atoms with E-state index in [1.165, 1.54) is 16.0 Å². The number of piperazine rings is 1. The van der Waals surface area contributed by atoms with Crippen LogP contribution in [0.25, 0.3) is 0 Å². The van der Waals surface area contributed by atoms with Crippen LogP contribution in [0.4, 0.5) is 4.79 Å². The summed E-state index contributed by atoms with van der Waals surface area (Å²) in [5, 5.41) is 0. The van der Waals surface area contributed by atoms with E-state index in [0.717, 1.165) is 12.8 Å². The van der Waals surface area contributed by atoms with E-state index in [1.807, 2.05) is 25.7 Å². The van der Waals surface area contributed by atoms with Gasteiger partial charge in [-0.3, -0.25) is 14.6 Å². The van der Waals surface area contributed by atoms with E-state index in [0.29, 0.717) is 25.8 Å². The average Bonchev–Trinajstić information content (AvgIpc) is 2.99. The van der Waals surface area contributed by atoms with Crippen molar-refractivity contribution >= 4 is 12.0 Å². The molecule has 142 valence electrons. The molecule has 3 rings (SSSR count). The number of carbonyl (C=O) groups excluding carboxylic acids is 2. The molecule has 1 aromatic rings. The van der Waals surface area contributed by atoms with Crippen molar-refractivity contribution in [2.24, 2.45) is 0 Å². The first kappa shape index (κ1) is 18.7. The van der Waals surface area contributed by atoms with Gasteiger partial charge in [0, 0.05) is 19.1 Å². The van der Waals surface area contributed by atoms with Crippen molar-refractivity contribution in [3.63, 3.8) is 0 Å². The standard InChI is InChI=1S/C20H29N3O3/c1-20(2,3)26-19(25)22-11-12-23(18(24)13-22)14-21(4)17-10-9-15-7-5-6-8-16(15)17/h5-8,17H,9-14H2,1-4H3/t17-/m1/s1. The second-order valence-electron chi connectivity index (χ2n) is 8.21. The third-order valence-electron chi connectivity index (χ3n) is 5.00. The van der Waals surface area contributed by atoms with Gasteiger partial charge in [0.05, 0.1) is 6.67 Å². The Morgan fingerprint density at radius 3 is 2.69 bits per heavy atom. The molecule has 1 aliphatic heterocycles. The van der Waals surface area contributed by atoms with E-state index in [1.54, 1.807) is 0 Å². The largest absolute Gasteiger partial charge is 0.444 e. The zero-order chi connectivity index (χ0) is 18.9. The highest BCUT2D eigenvalue weighted by Gasteiger charge is 2.32. The zero-order valence-electron chi connectivity index (χ0n) is 16.2. The maximum absolute atomic E-state index is 12.5. The molecular formula is C20H29N3O3. The molecule has 1 fully saturated rings. The van der Waals surface area contributed by atoms with E-state index in [-0.39, 0.29) is 12.5 Å². The normalized spacial score (nSPS) is 20.5. The van der Waals surface area contributed by atoms with Crippen LogP contribution in [0.5, 0.6) is 0 Å². The van der Waals surface area contributed by atoms with Crippen LogP contribution in [0.3, 0.4) is 0 Å². The summed E-state index contributed by atoms with van der Waals surface area (Å²) in [6, 6.07) is 8.89. The first-order valence-corrected chi connectivity index (χ1v) is 9.28. The van der Waals surface area contributed by atoms with Crippen LogP contribution < -0.4 is 0 Å². The summed E-state index contributed by atoms with van der Waals surface area (Å²) in [5.74, 6) is -0.0276. The van der Waals surface area contributed by atoms with Gasteiger partial charge in [0.1, 0.15) is 12.1 Å². The molecule has 6 heteroatoms. The Bertz CT molecular complexity index is 683. The van der Waals surface area contributed by atoms with Crippen molar-refractivity contribution < 1.29 is 14.3 Å². The van der Waals surface area contributed by atoms with Gasteiger partial charge in [-0.15, -0.1) is 0 Å². The van der Waals surface area contributed by atoms with E-state index < -0.39 is 11.7 Å². The van der Waals surface area contributed by atoms with E-state index in [4.69, 9.17) is 4.74 Å². The second-order valence-corrected chi connectivity index (χ2v) is 8.21. The zero-order valence-corrected chi connectivity index (χ0v) is 16.2. The van der Waals surface area contributed by atoms with Gasteiger partial charge in [0.2, 0.25) is 5.91 Å². The maximum atomic E-state index is 12.5. The van der Waals surface area contributed by atoms with Crippen LogP contribution >= 0.6 is 0 Å². The summed E-state index contributed by atoms with van der Waals surface area (Å²) in [6.07, 6.45) is 1.76. The van der Waals surface area contributed by atoms with E-state index >= 15 is 0 Å². The highest BCUT2D eigenvalue weighted by Crippen LogP contribution is 2.34. The van der Waals surface area contributed by atoms with Crippen molar-refractivity contribution in [2.45, 2.75) is 45.3 Å². The summed E-state index contributed by atoms with van der Waals surface area (Å²) in [5.41, 5.74) is 2.23. The van der Waals surface area contributed by atoms with Crippen LogP contribution in [0.15, 0.2) is 24.3 Å². The second kappa shape index (κ2) is 7.27. The van der Waals surface area contributed by atoms with Gasteiger partial charge in [-0.05, 0) is 51.8 Å². The number of ether oxygens (including phenoxy) is 1. The Morgan fingerprint density at radius 2 is 2.00 bits per heavy atom. The number of carbonyl (C=O) groups is 2. The fraction of sp³-hybridized carbons (Fsp3) is 0.600. The number of hydrogen-bond acceptors (Lipinski definition) is 4. The minimum absolute atomic E-state index is 0.0276. The molecule has 0 bridgehead atoms. The van der Waals surface area contributed by atoms with Gasteiger partial charge in [0.15, 0.2) is 0 Å². The van der Waals surface area contributed by atoms with Crippen LogP contribution in [0.1, 0.15) is 44.4 Å². The van der Waals surface area contributed by atoms with Crippen LogP contribution in [-0.4, -0.2) is 65.7 Å². The van der Waals surface area contributed by atoms with Crippen molar-refractivity contribution in [3.8, 4) is 0 Å². The minimum Gasteiger partial charge on any atom is -0.444 e. The van der Waals surface area contributed by atoms with Gasteiger partial charge in [-0.25, -0.2) is 4.79 Å². The Morgan fingerprint density at radius 1 is 1.27 bits per heavy atom. The molecule has 2 amide bonds. The van der Waals surface area contributed by atoms with E-state index in [2.05, 4.69) is 36.2 Å². The molecule has 0 N–H and O–H groups in total. The number of hydrogen-bond donors (Lipinski definition) is 0. The van der Waals surface area contributed by atoms with Crippen LogP contribution in [0.2, 0.25) is 0 Å². The number of benzene rings is 1. The van der Waals surface area contributed by atoms with Gasteiger partial charge in [-0.2, -0.15) is 0 Å². The molecule has 1 saturated heterocycles. The monoisotopic (exact) mass is 359 g/mol. The quantitative estimate of drug-likeness (QED) is 0.833. The number of fused-ring (bicyclic) bond motifs is 1. The highest BCUT2D eigenvalue weighted by molar-refractivity contribution is 5.83. The lowest BCUT2D eigenvalue weighted by molar-refractivity contribution is -0.138. The smallest absolute Gasteiger partial charge is 0.410 e. The van der Waals surface area contributed by atoms with Gasteiger partial charge >= 0.3 is 6.09 Å². The van der Waals surface area contributed by atoms with Crippen molar-refractivity contribution in [1.82, 2.24) is 14.7 Å². The molecule has 0 aromatic heterocycles. The molecule has 0 spiro atoms. The number of nitrogens with zero attached hydrogens (tertiary/aromatic N) is 3. The molecule has 26 heavy (non-hydrogen) atoms. The third kappa shape index (κ3) is 4.18. The molecule has 1 heterocycles. The predicted octanol–water partition coefficient (Wildman–Crippen LogP) is 2.64. The Hall–Kier alpha value is -2.08. The lowest BCUT2D eigenvalue weighted by atomic mass is 10.1. The fourth-order valence-corrected chi connectivity index (χ4v) is 3.70. The van der Waals surface area contributed by atoms with Crippen LogP contribution in [0, 0.1) is 0 Å². The average molecular weight is 359 g/mol. The number of rotatable bonds is 3. The van der Waals surface area contributed by atoms with Crippen LogP contribution in [-0.2, 0) is 16.0 Å². The molecule has 1 atom stereocenters. The Kier molecular flexibility index (Phi) is 5.23.